The van der Waals surface area contributed by atoms with Gasteiger partial charge in [0.1, 0.15) is 5.75 Å². The molecule has 1 aliphatic rings. The molecule has 0 radical (unpaired) electrons. The van der Waals surface area contributed by atoms with E-state index >= 15 is 0 Å². The summed E-state index contributed by atoms with van der Waals surface area (Å²) in [7, 11) is 1.62. The molecule has 0 spiro atoms. The molecule has 0 saturated heterocycles. The minimum absolute atomic E-state index is 0.169. The number of aromatic nitrogens is 1. The summed E-state index contributed by atoms with van der Waals surface area (Å²) in [5.41, 5.74) is 1.90. The highest BCUT2D eigenvalue weighted by molar-refractivity contribution is 7.80. The van der Waals surface area contributed by atoms with Crippen molar-refractivity contribution in [1.29, 1.82) is 0 Å². The Labute approximate surface area is 199 Å². The van der Waals surface area contributed by atoms with Crippen molar-refractivity contribution in [1.82, 2.24) is 9.88 Å². The number of ether oxygens (including phenoxy) is 3. The highest BCUT2D eigenvalue weighted by Crippen LogP contribution is 2.35. The number of pyridine rings is 1. The van der Waals surface area contributed by atoms with Crippen LogP contribution < -0.4 is 25.1 Å². The number of thiophene rings is 1. The largest absolute Gasteiger partial charge is 0.495 e. The number of thiocarbonyl (C=S) groups is 1. The summed E-state index contributed by atoms with van der Waals surface area (Å²) in [4.78, 5) is 19.0. The van der Waals surface area contributed by atoms with E-state index < -0.39 is 0 Å². The molecule has 0 aliphatic carbocycles. The molecule has 3 heterocycles. The van der Waals surface area contributed by atoms with E-state index in [0.29, 0.717) is 46.5 Å². The number of para-hydroxylation sites is 2. The lowest BCUT2D eigenvalue weighted by molar-refractivity contribution is 0.174. The van der Waals surface area contributed by atoms with Crippen LogP contribution in [0.15, 0.2) is 64.8 Å². The van der Waals surface area contributed by atoms with Crippen LogP contribution in [0, 0.1) is 0 Å². The maximum atomic E-state index is 12.9. The molecule has 0 fully saturated rings. The number of hydrogen-bond acceptors (Lipinski definition) is 6. The molecule has 33 heavy (non-hydrogen) atoms. The summed E-state index contributed by atoms with van der Waals surface area (Å²) in [6, 6.07) is 17.2. The molecule has 0 saturated carbocycles. The maximum absolute atomic E-state index is 12.9. The first-order valence-electron chi connectivity index (χ1n) is 10.3. The van der Waals surface area contributed by atoms with E-state index in [1.54, 1.807) is 24.5 Å². The molecule has 168 valence electrons. The molecule has 2 N–H and O–H groups in total. The molecule has 1 aliphatic heterocycles. The lowest BCUT2D eigenvalue weighted by atomic mass is 10.1. The highest BCUT2D eigenvalue weighted by atomic mass is 32.1. The topological polar surface area (TPSA) is 75.8 Å². The van der Waals surface area contributed by atoms with E-state index in [4.69, 9.17) is 26.4 Å². The lowest BCUT2D eigenvalue weighted by Crippen LogP contribution is -2.35. The van der Waals surface area contributed by atoms with E-state index in [2.05, 4.69) is 16.4 Å². The zero-order valence-corrected chi connectivity index (χ0v) is 19.4. The number of nitrogens with one attached hydrogen (secondary N) is 2. The second kappa shape index (κ2) is 9.13. The summed E-state index contributed by atoms with van der Waals surface area (Å²) in [6.07, 6.45) is 0. The smallest absolute Gasteiger partial charge is 0.253 e. The fraction of sp³-hybridized carbons (Fsp3) is 0.167. The van der Waals surface area contributed by atoms with Crippen molar-refractivity contribution < 1.29 is 14.2 Å². The van der Waals surface area contributed by atoms with Crippen LogP contribution in [0.4, 0.5) is 5.69 Å². The summed E-state index contributed by atoms with van der Waals surface area (Å²) < 4.78 is 16.3. The monoisotopic (exact) mass is 479 g/mol. The second-order valence-corrected chi connectivity index (χ2v) is 8.90. The first-order chi connectivity index (χ1) is 16.1. The van der Waals surface area contributed by atoms with Gasteiger partial charge >= 0.3 is 0 Å². The molecule has 2 aromatic heterocycles. The van der Waals surface area contributed by atoms with Crippen LogP contribution in [0.3, 0.4) is 0 Å². The van der Waals surface area contributed by atoms with Gasteiger partial charge in [-0.2, -0.15) is 0 Å². The molecule has 4 aromatic rings. The summed E-state index contributed by atoms with van der Waals surface area (Å²) in [5, 5.41) is 6.66. The number of methoxy groups -OCH3 is 1. The number of nitrogens with zero attached hydrogens (tertiary/aromatic N) is 1. The Hall–Kier alpha value is -3.56. The number of aromatic amines is 1. The van der Waals surface area contributed by atoms with E-state index in [1.165, 1.54) is 0 Å². The number of hydrogen-bond donors (Lipinski definition) is 2. The maximum Gasteiger partial charge on any atom is 0.253 e. The SMILES string of the molecule is COc1ccccc1NC(=S)N(Cc1cccs1)Cc1cc2cc3c(cc2[nH]c1=O)OCO3. The first kappa shape index (κ1) is 21.3. The third-order valence-electron chi connectivity index (χ3n) is 5.34. The fourth-order valence-corrected chi connectivity index (χ4v) is 4.66. The molecule has 2 aromatic carbocycles. The zero-order valence-electron chi connectivity index (χ0n) is 17.8. The van der Waals surface area contributed by atoms with Crippen molar-refractivity contribution in [2.75, 3.05) is 19.2 Å². The van der Waals surface area contributed by atoms with Gasteiger partial charge in [0.2, 0.25) is 6.79 Å². The highest BCUT2D eigenvalue weighted by Gasteiger charge is 2.18. The molecule has 0 atom stereocenters. The van der Waals surface area contributed by atoms with Gasteiger partial charge in [0.05, 0.1) is 31.4 Å². The van der Waals surface area contributed by atoms with Crippen molar-refractivity contribution in [2.24, 2.45) is 0 Å². The average molecular weight is 480 g/mol. The van der Waals surface area contributed by atoms with Gasteiger partial charge in [-0.1, -0.05) is 18.2 Å². The lowest BCUT2D eigenvalue weighted by Gasteiger charge is -2.26. The summed E-state index contributed by atoms with van der Waals surface area (Å²) in [5.74, 6) is 1.99. The predicted molar refractivity (Wildman–Crippen MR) is 133 cm³/mol. The van der Waals surface area contributed by atoms with Crippen LogP contribution in [0.1, 0.15) is 10.4 Å². The first-order valence-corrected chi connectivity index (χ1v) is 11.6. The van der Waals surface area contributed by atoms with Gasteiger partial charge in [-0.05, 0) is 47.9 Å². The van der Waals surface area contributed by atoms with Gasteiger partial charge < -0.3 is 29.4 Å². The minimum Gasteiger partial charge on any atom is -0.495 e. The van der Waals surface area contributed by atoms with Crippen molar-refractivity contribution in [3.63, 3.8) is 0 Å². The standard InChI is InChI=1S/C24H21N3O4S2/c1-29-20-7-3-2-6-18(20)26-24(32)27(13-17-5-4-8-33-17)12-16-9-15-10-21-22(31-14-30-21)11-19(15)25-23(16)28/h2-11H,12-14H2,1H3,(H,25,28)(H,26,32). The molecule has 9 heteroatoms. The Bertz CT molecular complexity index is 1370. The van der Waals surface area contributed by atoms with Crippen LogP contribution in [-0.4, -0.2) is 28.9 Å². The van der Waals surface area contributed by atoms with Crippen molar-refractivity contribution in [2.45, 2.75) is 13.1 Å². The minimum atomic E-state index is -0.169. The number of benzene rings is 2. The Kier molecular flexibility index (Phi) is 5.89. The average Bonchev–Trinajstić information content (AvgIpc) is 3.49. The number of H-pyrrole nitrogens is 1. The molecule has 0 bridgehead atoms. The second-order valence-electron chi connectivity index (χ2n) is 7.48. The molecular formula is C24H21N3O4S2. The van der Waals surface area contributed by atoms with Crippen LogP contribution in [0.2, 0.25) is 0 Å². The van der Waals surface area contributed by atoms with Crippen LogP contribution in [0.5, 0.6) is 17.2 Å². The van der Waals surface area contributed by atoms with Crippen LogP contribution in [0.25, 0.3) is 10.9 Å². The van der Waals surface area contributed by atoms with Gasteiger partial charge in [-0.25, -0.2) is 0 Å². The Balaban J connectivity index is 1.46. The Morgan fingerprint density at radius 1 is 1.15 bits per heavy atom. The van der Waals surface area contributed by atoms with Crippen molar-refractivity contribution >= 4 is 45.3 Å². The van der Waals surface area contributed by atoms with Gasteiger partial charge in [-0.15, -0.1) is 11.3 Å². The number of fused-ring (bicyclic) bond motifs is 2. The van der Waals surface area contributed by atoms with Gasteiger partial charge in [0.15, 0.2) is 16.6 Å². The Morgan fingerprint density at radius 2 is 1.97 bits per heavy atom. The van der Waals surface area contributed by atoms with Gasteiger partial charge in [0, 0.05) is 21.9 Å². The zero-order chi connectivity index (χ0) is 22.8. The van der Waals surface area contributed by atoms with E-state index in [1.807, 2.05) is 52.7 Å². The number of rotatable bonds is 6. The summed E-state index contributed by atoms with van der Waals surface area (Å²) in [6.45, 7) is 1.08. The van der Waals surface area contributed by atoms with Crippen LogP contribution in [-0.2, 0) is 13.1 Å². The number of anilines is 1. The molecular weight excluding hydrogens is 458 g/mol. The van der Waals surface area contributed by atoms with Gasteiger partial charge in [-0.3, -0.25) is 4.79 Å². The quantitative estimate of drug-likeness (QED) is 0.387. The summed E-state index contributed by atoms with van der Waals surface area (Å²) >= 11 is 7.40. The Morgan fingerprint density at radius 3 is 2.76 bits per heavy atom. The van der Waals surface area contributed by atoms with E-state index in [-0.39, 0.29) is 12.4 Å². The fourth-order valence-electron chi connectivity index (χ4n) is 3.70. The molecule has 5 rings (SSSR count). The van der Waals surface area contributed by atoms with E-state index in [0.717, 1.165) is 16.0 Å². The van der Waals surface area contributed by atoms with Gasteiger partial charge in [0.25, 0.3) is 5.56 Å². The molecule has 7 nitrogen and oxygen atoms in total. The predicted octanol–water partition coefficient (Wildman–Crippen LogP) is 4.73. The normalized spacial score (nSPS) is 12.0. The third-order valence-corrected chi connectivity index (χ3v) is 6.56. The van der Waals surface area contributed by atoms with E-state index in [9.17, 15) is 4.79 Å². The van der Waals surface area contributed by atoms with Crippen molar-refractivity contribution in [3.8, 4) is 17.2 Å². The van der Waals surface area contributed by atoms with Crippen molar-refractivity contribution in [3.05, 3.63) is 80.8 Å². The third kappa shape index (κ3) is 4.50. The molecule has 0 unspecified atom stereocenters. The van der Waals surface area contributed by atoms with Crippen LogP contribution >= 0.6 is 23.6 Å². The molecule has 0 amide bonds.